The van der Waals surface area contributed by atoms with E-state index in [4.69, 9.17) is 14.0 Å². The minimum absolute atomic E-state index is 0.0700. The van der Waals surface area contributed by atoms with Crippen molar-refractivity contribution in [1.82, 2.24) is 15.5 Å². The molecule has 0 radical (unpaired) electrons. The van der Waals surface area contributed by atoms with Crippen LogP contribution in [0.15, 0.2) is 22.7 Å². The molecule has 158 valence electrons. The molecule has 1 aliphatic rings. The van der Waals surface area contributed by atoms with E-state index in [0.717, 1.165) is 12.0 Å². The van der Waals surface area contributed by atoms with E-state index in [2.05, 4.69) is 29.3 Å². The molecule has 1 amide bonds. The van der Waals surface area contributed by atoms with Gasteiger partial charge in [-0.1, -0.05) is 31.8 Å². The zero-order valence-corrected chi connectivity index (χ0v) is 18.3. The van der Waals surface area contributed by atoms with Gasteiger partial charge >= 0.3 is 0 Å². The molecule has 3 rings (SSSR count). The topological polar surface area (TPSA) is 86.5 Å². The maximum Gasteiger partial charge on any atom is 0.236 e. The summed E-state index contributed by atoms with van der Waals surface area (Å²) in [5, 5.41) is 7.22. The Bertz CT molecular complexity index is 826. The van der Waals surface area contributed by atoms with Gasteiger partial charge in [-0.15, -0.1) is 11.8 Å². The third-order valence-electron chi connectivity index (χ3n) is 5.62. The number of nitrogens with zero attached hydrogens (tertiary/aromatic N) is 2. The van der Waals surface area contributed by atoms with E-state index in [0.29, 0.717) is 46.6 Å². The van der Waals surface area contributed by atoms with Gasteiger partial charge in [0.05, 0.1) is 25.7 Å². The monoisotopic (exact) mass is 419 g/mol. The van der Waals surface area contributed by atoms with Crippen LogP contribution in [0, 0.1) is 11.8 Å². The lowest BCUT2D eigenvalue weighted by Gasteiger charge is -2.34. The van der Waals surface area contributed by atoms with E-state index in [-0.39, 0.29) is 11.9 Å². The van der Waals surface area contributed by atoms with Gasteiger partial charge < -0.3 is 19.3 Å². The summed E-state index contributed by atoms with van der Waals surface area (Å²) < 4.78 is 15.9. The number of hydrogen-bond acceptors (Lipinski definition) is 7. The molecule has 1 fully saturated rings. The molecule has 0 saturated heterocycles. The summed E-state index contributed by atoms with van der Waals surface area (Å²) in [6, 6.07) is 5.74. The molecule has 1 aromatic carbocycles. The second-order valence-corrected chi connectivity index (χ2v) is 8.50. The highest BCUT2D eigenvalue weighted by molar-refractivity contribution is 7.99. The van der Waals surface area contributed by atoms with Gasteiger partial charge in [-0.2, -0.15) is 4.98 Å². The van der Waals surface area contributed by atoms with Gasteiger partial charge in [-0.05, 0) is 36.5 Å². The van der Waals surface area contributed by atoms with Crippen LogP contribution in [-0.2, 0) is 10.5 Å². The Balaban J connectivity index is 1.50. The molecule has 0 bridgehead atoms. The highest BCUT2D eigenvalue weighted by atomic mass is 32.2. The quantitative estimate of drug-likeness (QED) is 0.694. The lowest BCUT2D eigenvalue weighted by molar-refractivity contribution is -0.119. The fourth-order valence-electron chi connectivity index (χ4n) is 3.67. The first-order valence-electron chi connectivity index (χ1n) is 9.94. The van der Waals surface area contributed by atoms with Crippen molar-refractivity contribution in [2.24, 2.45) is 11.8 Å². The van der Waals surface area contributed by atoms with Gasteiger partial charge in [0.15, 0.2) is 11.5 Å². The average molecular weight is 420 g/mol. The number of nitrogens with one attached hydrogen (secondary N) is 1. The highest BCUT2D eigenvalue weighted by Crippen LogP contribution is 2.31. The number of aromatic nitrogens is 2. The molecule has 29 heavy (non-hydrogen) atoms. The second-order valence-electron chi connectivity index (χ2n) is 7.52. The zero-order valence-electron chi connectivity index (χ0n) is 17.4. The molecule has 0 unspecified atom stereocenters. The van der Waals surface area contributed by atoms with Crippen molar-refractivity contribution in [2.45, 2.75) is 44.9 Å². The summed E-state index contributed by atoms with van der Waals surface area (Å²) in [6.45, 7) is 4.50. The molecule has 2 aromatic rings. The van der Waals surface area contributed by atoms with E-state index in [1.54, 1.807) is 26.4 Å². The van der Waals surface area contributed by atoms with E-state index in [1.165, 1.54) is 24.6 Å². The van der Waals surface area contributed by atoms with Crippen molar-refractivity contribution in [3.63, 3.8) is 0 Å². The minimum Gasteiger partial charge on any atom is -0.493 e. The first-order valence-corrected chi connectivity index (χ1v) is 11.1. The predicted octanol–water partition coefficient (Wildman–Crippen LogP) is 3.93. The fraction of sp³-hybridized carbons (Fsp3) is 0.571. The molecule has 3 atom stereocenters. The number of hydrogen-bond donors (Lipinski definition) is 1. The lowest BCUT2D eigenvalue weighted by Crippen LogP contribution is -2.44. The van der Waals surface area contributed by atoms with Crippen molar-refractivity contribution in [2.75, 3.05) is 20.0 Å². The number of methoxy groups -OCH3 is 2. The third-order valence-corrected chi connectivity index (χ3v) is 6.54. The van der Waals surface area contributed by atoms with E-state index in [9.17, 15) is 4.79 Å². The van der Waals surface area contributed by atoms with Crippen LogP contribution >= 0.6 is 11.8 Å². The number of carbonyl (C=O) groups is 1. The number of rotatable bonds is 8. The fourth-order valence-corrected chi connectivity index (χ4v) is 4.33. The molecular formula is C21H29N3O4S. The molecule has 1 aromatic heterocycles. The second kappa shape index (κ2) is 10.0. The molecule has 1 aliphatic carbocycles. The highest BCUT2D eigenvalue weighted by Gasteiger charge is 2.28. The molecule has 8 heteroatoms. The van der Waals surface area contributed by atoms with Crippen LogP contribution in [0.3, 0.4) is 0 Å². The van der Waals surface area contributed by atoms with Crippen LogP contribution in [0.4, 0.5) is 0 Å². The van der Waals surface area contributed by atoms with Gasteiger partial charge in [0, 0.05) is 11.6 Å². The van der Waals surface area contributed by atoms with Gasteiger partial charge in [0.25, 0.3) is 0 Å². The maximum absolute atomic E-state index is 12.3. The lowest BCUT2D eigenvalue weighted by atomic mass is 9.78. The Morgan fingerprint density at radius 2 is 2.03 bits per heavy atom. The first-order chi connectivity index (χ1) is 14.0. The Labute approximate surface area is 175 Å². The number of benzene rings is 1. The Hall–Kier alpha value is -2.22. The van der Waals surface area contributed by atoms with E-state index < -0.39 is 0 Å². The van der Waals surface area contributed by atoms with E-state index >= 15 is 0 Å². The normalized spacial score (nSPS) is 21.6. The Kier molecular flexibility index (Phi) is 7.41. The maximum atomic E-state index is 12.3. The molecule has 0 spiro atoms. The van der Waals surface area contributed by atoms with Crippen LogP contribution in [0.1, 0.15) is 39.0 Å². The SMILES string of the molecule is COc1ccc(-c2noc(CSCC(=O)N[C@@H]3CCC[C@@H](C)[C@@H]3C)n2)cc1OC. The predicted molar refractivity (Wildman–Crippen MR) is 113 cm³/mol. The Morgan fingerprint density at radius 3 is 2.79 bits per heavy atom. The third kappa shape index (κ3) is 5.44. The summed E-state index contributed by atoms with van der Waals surface area (Å²) in [4.78, 5) is 16.7. The molecule has 1 heterocycles. The van der Waals surface area contributed by atoms with Gasteiger partial charge in [0.2, 0.25) is 17.6 Å². The van der Waals surface area contributed by atoms with Crippen molar-refractivity contribution in [3.8, 4) is 22.9 Å². The summed E-state index contributed by atoms with van der Waals surface area (Å²) in [7, 11) is 3.17. The van der Waals surface area contributed by atoms with Crippen LogP contribution < -0.4 is 14.8 Å². The van der Waals surface area contributed by atoms with Crippen molar-refractivity contribution in [1.29, 1.82) is 0 Å². The standard InChI is InChI=1S/C21H29N3O4S/c1-13-6-5-7-16(14(13)2)22-19(25)11-29-12-20-23-21(24-28-20)15-8-9-17(26-3)18(10-15)27-4/h8-10,13-14,16H,5-7,11-12H2,1-4H3,(H,22,25)/t13-,14+,16-/m1/s1. The summed E-state index contributed by atoms with van der Waals surface area (Å²) in [5.41, 5.74) is 0.779. The molecular weight excluding hydrogens is 390 g/mol. The average Bonchev–Trinajstić information content (AvgIpc) is 3.19. The molecule has 7 nitrogen and oxygen atoms in total. The van der Waals surface area contributed by atoms with E-state index in [1.807, 2.05) is 6.07 Å². The van der Waals surface area contributed by atoms with Crippen LogP contribution in [0.2, 0.25) is 0 Å². The van der Waals surface area contributed by atoms with Crippen LogP contribution in [0.5, 0.6) is 11.5 Å². The molecule has 1 N–H and O–H groups in total. The van der Waals surface area contributed by atoms with Crippen LogP contribution in [0.25, 0.3) is 11.4 Å². The number of thioether (sulfide) groups is 1. The Morgan fingerprint density at radius 1 is 1.24 bits per heavy atom. The largest absolute Gasteiger partial charge is 0.493 e. The summed E-state index contributed by atoms with van der Waals surface area (Å²) >= 11 is 1.47. The smallest absolute Gasteiger partial charge is 0.236 e. The minimum atomic E-state index is 0.0700. The number of ether oxygens (including phenoxy) is 2. The van der Waals surface area contributed by atoms with Gasteiger partial charge in [-0.3, -0.25) is 4.79 Å². The van der Waals surface area contributed by atoms with Gasteiger partial charge in [0.1, 0.15) is 0 Å². The van der Waals surface area contributed by atoms with Crippen molar-refractivity contribution in [3.05, 3.63) is 24.1 Å². The van der Waals surface area contributed by atoms with Crippen LogP contribution in [-0.4, -0.2) is 42.1 Å². The molecule has 0 aliphatic heterocycles. The summed E-state index contributed by atoms with van der Waals surface area (Å²) in [6.07, 6.45) is 3.51. The van der Waals surface area contributed by atoms with Gasteiger partial charge in [-0.25, -0.2) is 0 Å². The molecule has 1 saturated carbocycles. The van der Waals surface area contributed by atoms with Crippen molar-refractivity contribution < 1.29 is 18.8 Å². The number of carbonyl (C=O) groups excluding carboxylic acids is 1. The first kappa shape index (κ1) is 21.5. The van der Waals surface area contributed by atoms with Crippen molar-refractivity contribution >= 4 is 17.7 Å². The number of amides is 1. The summed E-state index contributed by atoms with van der Waals surface area (Å²) in [5.74, 6) is 4.35. The zero-order chi connectivity index (χ0) is 20.8.